The Morgan fingerprint density at radius 2 is 1.78 bits per heavy atom. The molecule has 2 bridgehead atoms. The maximum absolute atomic E-state index is 13.3. The minimum Gasteiger partial charge on any atom is -0.375 e. The largest absolute Gasteiger partial charge is 0.375 e. The van der Waals surface area contributed by atoms with Crippen molar-refractivity contribution < 1.29 is 19.5 Å². The van der Waals surface area contributed by atoms with E-state index in [1.165, 1.54) is 5.06 Å². The van der Waals surface area contributed by atoms with Crippen LogP contribution in [0.1, 0.15) is 35.5 Å². The third-order valence-corrected chi connectivity index (χ3v) is 8.68. The predicted octanol–water partition coefficient (Wildman–Crippen LogP) is 4.46. The Balaban J connectivity index is 1.70. The molecule has 4 atom stereocenters. The second kappa shape index (κ2) is 6.66. The molecule has 0 saturated carbocycles. The lowest BCUT2D eigenvalue weighted by molar-refractivity contribution is -0.293. The summed E-state index contributed by atoms with van der Waals surface area (Å²) in [7, 11) is 3.36. The second-order valence-electron chi connectivity index (χ2n) is 10.4. The number of methoxy groups -OCH3 is 1. The first-order valence-electron chi connectivity index (χ1n) is 12.4. The highest BCUT2D eigenvalue weighted by molar-refractivity contribution is 6.31. The monoisotopic (exact) mass is 482 g/mol. The number of rotatable bonds is 2. The van der Waals surface area contributed by atoms with E-state index in [2.05, 4.69) is 45.6 Å². The van der Waals surface area contributed by atoms with Gasteiger partial charge in [0.05, 0.1) is 33.7 Å². The standard InChI is InChI=1S/C28H26N4O4/c1-28-26(35-3)19(30(2)34)12-20(36-28)31-17-10-6-4-8-14(17)22-23-16(13-29-27(23)33)21-15-9-5-7-11-18(15)32(28)25(21)24(22)31/h4-11,19-20,26,34H,12-13H2,1-3H3,(H,29,33)/t19-,20+,26-,28-/m1/s1. The molecule has 2 aromatic heterocycles. The molecular formula is C28H26N4O4. The third kappa shape index (κ3) is 2.19. The van der Waals surface area contributed by atoms with Gasteiger partial charge in [0.25, 0.3) is 5.91 Å². The van der Waals surface area contributed by atoms with E-state index in [-0.39, 0.29) is 18.2 Å². The van der Waals surface area contributed by atoms with E-state index in [9.17, 15) is 10.0 Å². The van der Waals surface area contributed by atoms with Crippen LogP contribution in [0.25, 0.3) is 43.6 Å². The SMILES string of the molecule is CO[C@@H]1[C@H](N(C)O)C[C@@H]2O[C@@]1(C)n1c3ccccc3c3c4c(c5c6ccccc6n2c5c31)C(=O)NC4. The van der Waals surface area contributed by atoms with Crippen LogP contribution in [0.4, 0.5) is 0 Å². The van der Waals surface area contributed by atoms with Crippen LogP contribution >= 0.6 is 0 Å². The zero-order valence-electron chi connectivity index (χ0n) is 20.3. The van der Waals surface area contributed by atoms with Crippen LogP contribution in [0.3, 0.4) is 0 Å². The summed E-state index contributed by atoms with van der Waals surface area (Å²) in [6, 6.07) is 16.2. The van der Waals surface area contributed by atoms with Gasteiger partial charge in [0.1, 0.15) is 12.3 Å². The average molecular weight is 483 g/mol. The van der Waals surface area contributed by atoms with Gasteiger partial charge in [-0.05, 0) is 24.6 Å². The Labute approximate surface area is 206 Å². The Bertz CT molecular complexity index is 1780. The molecule has 8 nitrogen and oxygen atoms in total. The van der Waals surface area contributed by atoms with Crippen LogP contribution in [0.15, 0.2) is 48.5 Å². The number of fused-ring (bicyclic) bond motifs is 13. The normalized spacial score (nSPS) is 27.0. The average Bonchev–Trinajstić information content (AvgIpc) is 3.51. The predicted molar refractivity (Wildman–Crippen MR) is 136 cm³/mol. The molecule has 8 rings (SSSR count). The van der Waals surface area contributed by atoms with Gasteiger partial charge >= 0.3 is 0 Å². The Hall–Kier alpha value is -3.43. The molecule has 5 aromatic rings. The van der Waals surface area contributed by atoms with Crippen molar-refractivity contribution >= 4 is 49.5 Å². The summed E-state index contributed by atoms with van der Waals surface area (Å²) >= 11 is 0. The molecule has 182 valence electrons. The number of likely N-dealkylation sites (N-methyl/N-ethyl adjacent to an activating group) is 1. The summed E-state index contributed by atoms with van der Waals surface area (Å²) in [5.41, 5.74) is 4.96. The van der Waals surface area contributed by atoms with E-state index >= 15 is 0 Å². The molecule has 8 heteroatoms. The Morgan fingerprint density at radius 1 is 1.08 bits per heavy atom. The Kier molecular flexibility index (Phi) is 3.83. The van der Waals surface area contributed by atoms with E-state index < -0.39 is 11.8 Å². The first kappa shape index (κ1) is 20.7. The lowest BCUT2D eigenvalue weighted by Crippen LogP contribution is -2.60. The first-order valence-corrected chi connectivity index (χ1v) is 12.4. The number of ether oxygens (including phenoxy) is 2. The molecule has 0 unspecified atom stereocenters. The topological polar surface area (TPSA) is 80.9 Å². The minimum atomic E-state index is -0.919. The zero-order chi connectivity index (χ0) is 24.5. The van der Waals surface area contributed by atoms with Crippen LogP contribution in [0.5, 0.6) is 0 Å². The maximum atomic E-state index is 13.3. The van der Waals surface area contributed by atoms with Crippen molar-refractivity contribution in [2.45, 2.75) is 44.0 Å². The lowest BCUT2D eigenvalue weighted by Gasteiger charge is -2.49. The molecule has 36 heavy (non-hydrogen) atoms. The van der Waals surface area contributed by atoms with Gasteiger partial charge in [-0.2, -0.15) is 5.06 Å². The molecule has 1 saturated heterocycles. The number of benzene rings is 3. The number of nitrogens with zero attached hydrogens (tertiary/aromatic N) is 3. The van der Waals surface area contributed by atoms with Crippen molar-refractivity contribution in [1.29, 1.82) is 0 Å². The number of hydroxylamine groups is 2. The van der Waals surface area contributed by atoms with Crippen molar-refractivity contribution in [2.24, 2.45) is 0 Å². The van der Waals surface area contributed by atoms with E-state index in [4.69, 9.17) is 9.47 Å². The van der Waals surface area contributed by atoms with Crippen LogP contribution < -0.4 is 5.32 Å². The van der Waals surface area contributed by atoms with Crippen LogP contribution in [-0.4, -0.2) is 51.6 Å². The molecule has 1 amide bonds. The van der Waals surface area contributed by atoms with Crippen molar-refractivity contribution in [2.75, 3.05) is 14.2 Å². The smallest absolute Gasteiger partial charge is 0.252 e. The number of nitrogens with one attached hydrogen (secondary N) is 1. The highest BCUT2D eigenvalue weighted by atomic mass is 16.6. The van der Waals surface area contributed by atoms with Gasteiger partial charge in [-0.25, -0.2) is 0 Å². The van der Waals surface area contributed by atoms with Crippen molar-refractivity contribution in [3.8, 4) is 0 Å². The van der Waals surface area contributed by atoms with Crippen molar-refractivity contribution in [3.05, 3.63) is 59.7 Å². The number of para-hydroxylation sites is 2. The van der Waals surface area contributed by atoms with E-state index in [0.29, 0.717) is 13.0 Å². The van der Waals surface area contributed by atoms with Gasteiger partial charge in [-0.3, -0.25) is 4.79 Å². The van der Waals surface area contributed by atoms with Crippen LogP contribution in [-0.2, 0) is 21.7 Å². The molecule has 0 spiro atoms. The van der Waals surface area contributed by atoms with Gasteiger partial charge in [-0.1, -0.05) is 36.4 Å². The van der Waals surface area contributed by atoms with Crippen LogP contribution in [0, 0.1) is 0 Å². The fourth-order valence-electron chi connectivity index (χ4n) is 7.38. The Morgan fingerprint density at radius 3 is 2.50 bits per heavy atom. The van der Waals surface area contributed by atoms with Gasteiger partial charge in [0, 0.05) is 48.7 Å². The molecule has 3 aliphatic heterocycles. The number of carbonyl (C=O) groups excluding carboxylic acids is 1. The quantitative estimate of drug-likeness (QED) is 0.363. The minimum absolute atomic E-state index is 0.0336. The molecule has 0 radical (unpaired) electrons. The summed E-state index contributed by atoms with van der Waals surface area (Å²) in [6.45, 7) is 2.55. The molecule has 5 heterocycles. The van der Waals surface area contributed by atoms with Crippen molar-refractivity contribution in [3.63, 3.8) is 0 Å². The van der Waals surface area contributed by atoms with Gasteiger partial charge < -0.3 is 29.1 Å². The highest BCUT2D eigenvalue weighted by Crippen LogP contribution is 2.54. The molecule has 2 N–H and O–H groups in total. The van der Waals surface area contributed by atoms with Gasteiger partial charge in [-0.15, -0.1) is 0 Å². The van der Waals surface area contributed by atoms with E-state index in [1.807, 2.05) is 24.3 Å². The molecule has 3 aromatic carbocycles. The van der Waals surface area contributed by atoms with Gasteiger partial charge in [0.15, 0.2) is 5.72 Å². The lowest BCUT2D eigenvalue weighted by atomic mass is 9.92. The summed E-state index contributed by atoms with van der Waals surface area (Å²) in [5, 5.41) is 19.3. The number of carbonyl (C=O) groups is 1. The summed E-state index contributed by atoms with van der Waals surface area (Å²) in [6.07, 6.45) is -0.281. The number of hydrogen-bond donors (Lipinski definition) is 2. The van der Waals surface area contributed by atoms with Crippen molar-refractivity contribution in [1.82, 2.24) is 19.5 Å². The molecule has 3 aliphatic rings. The summed E-state index contributed by atoms with van der Waals surface area (Å²) < 4.78 is 17.7. The van der Waals surface area contributed by atoms with Crippen LogP contribution in [0.2, 0.25) is 0 Å². The molecule has 1 fully saturated rings. The van der Waals surface area contributed by atoms with E-state index in [1.54, 1.807) is 14.2 Å². The zero-order valence-corrected chi connectivity index (χ0v) is 20.3. The number of amides is 1. The fraction of sp³-hybridized carbons (Fsp3) is 0.321. The number of hydrogen-bond acceptors (Lipinski definition) is 5. The first-order chi connectivity index (χ1) is 17.5. The fourth-order valence-corrected chi connectivity index (χ4v) is 7.38. The second-order valence-corrected chi connectivity index (χ2v) is 10.4. The van der Waals surface area contributed by atoms with E-state index in [0.717, 1.165) is 54.7 Å². The third-order valence-electron chi connectivity index (χ3n) is 8.68. The summed E-state index contributed by atoms with van der Waals surface area (Å²) in [5.74, 6) is -0.0336. The molecular weight excluding hydrogens is 456 g/mol. The number of aromatic nitrogens is 2. The van der Waals surface area contributed by atoms with Gasteiger partial charge in [0.2, 0.25) is 0 Å². The maximum Gasteiger partial charge on any atom is 0.252 e. The highest BCUT2D eigenvalue weighted by Gasteiger charge is 2.54. The summed E-state index contributed by atoms with van der Waals surface area (Å²) in [4.78, 5) is 13.3. The molecule has 0 aliphatic carbocycles.